The number of ether oxygens (including phenoxy) is 1. The molecule has 0 amide bonds. The molecule has 0 heterocycles. The van der Waals surface area contributed by atoms with Crippen LogP contribution in [0.1, 0.15) is 45.6 Å². The second-order valence-corrected chi connectivity index (χ2v) is 6.89. The molecule has 1 aliphatic carbocycles. The summed E-state index contributed by atoms with van der Waals surface area (Å²) in [5.74, 6) is 2.63. The number of benzene rings is 1. The molecular weight excluding hydrogens is 288 g/mol. The molecule has 3 atom stereocenters. The predicted molar refractivity (Wildman–Crippen MR) is 95.9 cm³/mol. The molecule has 0 saturated heterocycles. The fraction of sp³-hybridized carbons (Fsp3) is 0.600. The Balaban J connectivity index is 0.000000231. The van der Waals surface area contributed by atoms with Crippen molar-refractivity contribution in [3.05, 3.63) is 36.4 Å². The molecule has 0 aliphatic heterocycles. The average Bonchev–Trinajstić information content (AvgIpc) is 2.49. The number of hydrogen-bond acceptors (Lipinski definition) is 3. The molecule has 1 fully saturated rings. The van der Waals surface area contributed by atoms with Gasteiger partial charge in [-0.15, -0.1) is 6.58 Å². The summed E-state index contributed by atoms with van der Waals surface area (Å²) in [5, 5.41) is 19.0. The van der Waals surface area contributed by atoms with Crippen LogP contribution in [0.5, 0.6) is 11.5 Å². The molecule has 0 spiro atoms. The van der Waals surface area contributed by atoms with Gasteiger partial charge in [0.15, 0.2) is 11.5 Å². The van der Waals surface area contributed by atoms with E-state index in [-0.39, 0.29) is 11.9 Å². The molecule has 3 heteroatoms. The summed E-state index contributed by atoms with van der Waals surface area (Å²) in [6.07, 6.45) is 6.12. The first-order chi connectivity index (χ1) is 10.9. The van der Waals surface area contributed by atoms with E-state index < -0.39 is 0 Å². The normalized spacial score (nSPS) is 23.8. The molecule has 1 aromatic carbocycles. The number of methoxy groups -OCH3 is 1. The quantitative estimate of drug-likeness (QED) is 0.799. The van der Waals surface area contributed by atoms with Gasteiger partial charge in [0.2, 0.25) is 0 Å². The summed E-state index contributed by atoms with van der Waals surface area (Å²) < 4.78 is 4.95. The number of phenolic OH excluding ortho intramolecular Hbond substituents is 1. The first kappa shape index (κ1) is 19.6. The van der Waals surface area contributed by atoms with Gasteiger partial charge >= 0.3 is 0 Å². The smallest absolute Gasteiger partial charge is 0.160 e. The van der Waals surface area contributed by atoms with Gasteiger partial charge < -0.3 is 14.9 Å². The third-order valence-electron chi connectivity index (χ3n) is 4.61. The molecule has 130 valence electrons. The molecule has 0 bridgehead atoms. The summed E-state index contributed by atoms with van der Waals surface area (Å²) in [7, 11) is 1.53. The Bertz CT molecular complexity index is 482. The van der Waals surface area contributed by atoms with Gasteiger partial charge in [0.05, 0.1) is 13.2 Å². The van der Waals surface area contributed by atoms with Crippen LogP contribution in [0.2, 0.25) is 0 Å². The fourth-order valence-corrected chi connectivity index (χ4v) is 3.17. The van der Waals surface area contributed by atoms with Gasteiger partial charge in [0.1, 0.15) is 0 Å². The molecule has 23 heavy (non-hydrogen) atoms. The zero-order chi connectivity index (χ0) is 17.4. The van der Waals surface area contributed by atoms with E-state index in [1.807, 2.05) is 12.1 Å². The van der Waals surface area contributed by atoms with E-state index in [2.05, 4.69) is 27.4 Å². The molecule has 0 radical (unpaired) electrons. The minimum Gasteiger partial charge on any atom is -0.504 e. The van der Waals surface area contributed by atoms with E-state index in [1.165, 1.54) is 20.0 Å². The SMILES string of the molecule is C=CCc1ccc(O)c(OC)c1.CC1CCC(C(C)C)C(O)C1. The number of aliphatic hydroxyl groups is 1. The second kappa shape index (κ2) is 9.61. The van der Waals surface area contributed by atoms with Gasteiger partial charge in [-0.05, 0) is 54.7 Å². The highest BCUT2D eigenvalue weighted by atomic mass is 16.5. The zero-order valence-electron chi connectivity index (χ0n) is 15.0. The van der Waals surface area contributed by atoms with Crippen molar-refractivity contribution in [3.63, 3.8) is 0 Å². The Morgan fingerprint density at radius 1 is 1.35 bits per heavy atom. The topological polar surface area (TPSA) is 49.7 Å². The summed E-state index contributed by atoms with van der Waals surface area (Å²) in [6.45, 7) is 10.3. The van der Waals surface area contributed by atoms with E-state index in [4.69, 9.17) is 4.74 Å². The molecular formula is C20H32O3. The van der Waals surface area contributed by atoms with Gasteiger partial charge in [-0.3, -0.25) is 0 Å². The lowest BCUT2D eigenvalue weighted by molar-refractivity contribution is 0.0266. The van der Waals surface area contributed by atoms with Crippen LogP contribution in [0.15, 0.2) is 30.9 Å². The number of aliphatic hydroxyl groups excluding tert-OH is 1. The van der Waals surface area contributed by atoms with Crippen molar-refractivity contribution in [2.75, 3.05) is 7.11 Å². The third-order valence-corrected chi connectivity index (χ3v) is 4.61. The Labute approximate surface area is 141 Å². The van der Waals surface area contributed by atoms with Crippen LogP contribution in [-0.2, 0) is 6.42 Å². The lowest BCUT2D eigenvalue weighted by atomic mass is 9.75. The van der Waals surface area contributed by atoms with Crippen molar-refractivity contribution in [1.29, 1.82) is 0 Å². The highest BCUT2D eigenvalue weighted by molar-refractivity contribution is 5.42. The van der Waals surface area contributed by atoms with Crippen LogP contribution in [-0.4, -0.2) is 23.4 Å². The van der Waals surface area contributed by atoms with E-state index in [9.17, 15) is 10.2 Å². The maximum atomic E-state index is 9.71. The Hall–Kier alpha value is -1.48. The Morgan fingerprint density at radius 2 is 2.04 bits per heavy atom. The largest absolute Gasteiger partial charge is 0.504 e. The van der Waals surface area contributed by atoms with Crippen LogP contribution in [0.25, 0.3) is 0 Å². The molecule has 3 nitrogen and oxygen atoms in total. The van der Waals surface area contributed by atoms with E-state index >= 15 is 0 Å². The maximum absolute atomic E-state index is 9.71. The van der Waals surface area contributed by atoms with Gasteiger partial charge in [0.25, 0.3) is 0 Å². The highest BCUT2D eigenvalue weighted by Crippen LogP contribution is 2.33. The fourth-order valence-electron chi connectivity index (χ4n) is 3.17. The number of phenols is 1. The highest BCUT2D eigenvalue weighted by Gasteiger charge is 2.28. The van der Waals surface area contributed by atoms with Gasteiger partial charge in [-0.2, -0.15) is 0 Å². The number of aromatic hydroxyl groups is 1. The van der Waals surface area contributed by atoms with Crippen molar-refractivity contribution in [2.24, 2.45) is 17.8 Å². The van der Waals surface area contributed by atoms with E-state index in [0.29, 0.717) is 17.6 Å². The zero-order valence-corrected chi connectivity index (χ0v) is 15.0. The summed E-state index contributed by atoms with van der Waals surface area (Å²) in [4.78, 5) is 0. The molecule has 0 aromatic heterocycles. The summed E-state index contributed by atoms with van der Waals surface area (Å²) in [5.41, 5.74) is 1.08. The van der Waals surface area contributed by atoms with E-state index in [0.717, 1.165) is 24.3 Å². The molecule has 1 saturated carbocycles. The maximum Gasteiger partial charge on any atom is 0.160 e. The number of allylic oxidation sites excluding steroid dienone is 1. The average molecular weight is 320 g/mol. The number of rotatable bonds is 4. The minimum absolute atomic E-state index is 0.0289. The molecule has 1 aromatic rings. The van der Waals surface area contributed by atoms with Crippen LogP contribution in [0.3, 0.4) is 0 Å². The van der Waals surface area contributed by atoms with Crippen molar-refractivity contribution < 1.29 is 14.9 Å². The third kappa shape index (κ3) is 6.26. The van der Waals surface area contributed by atoms with Crippen LogP contribution < -0.4 is 4.74 Å². The minimum atomic E-state index is -0.0289. The first-order valence-electron chi connectivity index (χ1n) is 8.53. The molecule has 1 aliphatic rings. The van der Waals surface area contributed by atoms with E-state index in [1.54, 1.807) is 12.1 Å². The van der Waals surface area contributed by atoms with Gasteiger partial charge in [-0.25, -0.2) is 0 Å². The van der Waals surface area contributed by atoms with Crippen molar-refractivity contribution >= 4 is 0 Å². The molecule has 2 N–H and O–H groups in total. The Morgan fingerprint density at radius 3 is 2.57 bits per heavy atom. The summed E-state index contributed by atoms with van der Waals surface area (Å²) in [6, 6.07) is 5.27. The Kier molecular flexibility index (Phi) is 8.18. The monoisotopic (exact) mass is 320 g/mol. The van der Waals surface area contributed by atoms with Crippen LogP contribution in [0, 0.1) is 17.8 Å². The van der Waals surface area contributed by atoms with Gasteiger partial charge in [0, 0.05) is 0 Å². The van der Waals surface area contributed by atoms with Crippen molar-refractivity contribution in [2.45, 2.75) is 52.6 Å². The molecule has 3 unspecified atom stereocenters. The first-order valence-corrected chi connectivity index (χ1v) is 8.53. The van der Waals surface area contributed by atoms with Crippen molar-refractivity contribution in [3.8, 4) is 11.5 Å². The summed E-state index contributed by atoms with van der Waals surface area (Å²) >= 11 is 0. The number of hydrogen-bond donors (Lipinski definition) is 2. The lowest BCUT2D eigenvalue weighted by Crippen LogP contribution is -2.31. The molecule has 2 rings (SSSR count). The standard InChI is InChI=1S/C10H12O2.C10H20O/c1-3-4-8-5-6-9(11)10(7-8)12-2;1-7(2)9-5-4-8(3)6-10(9)11/h3,5-7,11H,1,4H2,2H3;7-11H,4-6H2,1-3H3. The predicted octanol–water partition coefficient (Wildman–Crippen LogP) is 4.57. The lowest BCUT2D eigenvalue weighted by Gasteiger charge is -2.33. The van der Waals surface area contributed by atoms with Gasteiger partial charge in [-0.1, -0.05) is 39.3 Å². The second-order valence-electron chi connectivity index (χ2n) is 6.89. The van der Waals surface area contributed by atoms with Crippen molar-refractivity contribution in [1.82, 2.24) is 0 Å². The van der Waals surface area contributed by atoms with Crippen LogP contribution in [0.4, 0.5) is 0 Å². The van der Waals surface area contributed by atoms with Crippen LogP contribution >= 0.6 is 0 Å².